The van der Waals surface area contributed by atoms with Gasteiger partial charge in [-0.1, -0.05) is 6.08 Å². The summed E-state index contributed by atoms with van der Waals surface area (Å²) in [6.07, 6.45) is 6.26. The summed E-state index contributed by atoms with van der Waals surface area (Å²) >= 11 is 0. The molecule has 0 unspecified atom stereocenters. The normalized spacial score (nSPS) is 9.08. The van der Waals surface area contributed by atoms with Crippen molar-refractivity contribution in [3.63, 3.8) is 0 Å². The van der Waals surface area contributed by atoms with Crippen LogP contribution >= 0.6 is 0 Å². The first-order valence-electron chi connectivity index (χ1n) is 3.59. The highest BCUT2D eigenvalue weighted by Crippen LogP contribution is 2.02. The molecule has 0 saturated carbocycles. The van der Waals surface area contributed by atoms with E-state index in [2.05, 4.69) is 0 Å². The van der Waals surface area contributed by atoms with E-state index in [1.807, 2.05) is 0 Å². The lowest BCUT2D eigenvalue weighted by Gasteiger charge is -1.79. The number of hydrogen-bond donors (Lipinski definition) is 0. The van der Waals surface area contributed by atoms with Crippen molar-refractivity contribution in [2.24, 2.45) is 0 Å². The van der Waals surface area contributed by atoms with E-state index in [0.29, 0.717) is 5.76 Å². The van der Waals surface area contributed by atoms with E-state index in [9.17, 15) is 0 Å². The van der Waals surface area contributed by atoms with Crippen LogP contribution in [0.4, 0.5) is 0 Å². The summed E-state index contributed by atoms with van der Waals surface area (Å²) in [6.45, 7) is 0. The predicted octanol–water partition coefficient (Wildman–Crippen LogP) is 2.27. The molecule has 1 aromatic rings. The number of furan rings is 1. The monoisotopic (exact) mass is 170 g/mol. The Labute approximate surface area is 75.8 Å². The fourth-order valence-electron chi connectivity index (χ4n) is 0.725. The van der Waals surface area contributed by atoms with Gasteiger partial charge < -0.3 is 4.42 Å². The lowest BCUT2D eigenvalue weighted by atomic mass is 10.3. The summed E-state index contributed by atoms with van der Waals surface area (Å²) in [5, 5.41) is 16.8. The van der Waals surface area contributed by atoms with Crippen LogP contribution in [0.1, 0.15) is 5.76 Å². The lowest BCUT2D eigenvalue weighted by molar-refractivity contribution is 0.557. The van der Waals surface area contributed by atoms with Crippen molar-refractivity contribution >= 4 is 6.08 Å². The van der Waals surface area contributed by atoms with Gasteiger partial charge in [-0.3, -0.25) is 0 Å². The summed E-state index contributed by atoms with van der Waals surface area (Å²) in [4.78, 5) is 0. The van der Waals surface area contributed by atoms with E-state index in [0.717, 1.165) is 0 Å². The van der Waals surface area contributed by atoms with Gasteiger partial charge in [-0.05, 0) is 24.3 Å². The number of nitriles is 2. The molecule has 0 saturated heterocycles. The predicted molar refractivity (Wildman–Crippen MR) is 47.1 cm³/mol. The van der Waals surface area contributed by atoms with Crippen LogP contribution in [0.5, 0.6) is 0 Å². The first-order valence-corrected chi connectivity index (χ1v) is 3.59. The molecule has 62 valence electrons. The van der Waals surface area contributed by atoms with Crippen molar-refractivity contribution in [1.29, 1.82) is 10.5 Å². The third-order valence-corrected chi connectivity index (χ3v) is 1.31. The molecule has 3 nitrogen and oxygen atoms in total. The van der Waals surface area contributed by atoms with Crippen LogP contribution in [-0.2, 0) is 0 Å². The van der Waals surface area contributed by atoms with Gasteiger partial charge in [0.2, 0.25) is 0 Å². The van der Waals surface area contributed by atoms with Gasteiger partial charge in [0.15, 0.2) is 0 Å². The van der Waals surface area contributed by atoms with Gasteiger partial charge in [0, 0.05) is 0 Å². The average molecular weight is 170 g/mol. The van der Waals surface area contributed by atoms with Gasteiger partial charge in [0.1, 0.15) is 23.5 Å². The van der Waals surface area contributed by atoms with Crippen molar-refractivity contribution in [1.82, 2.24) is 0 Å². The van der Waals surface area contributed by atoms with E-state index in [1.165, 1.54) is 6.08 Å². The second kappa shape index (κ2) is 4.58. The molecule has 0 aliphatic carbocycles. The third kappa shape index (κ3) is 2.69. The Balaban J connectivity index is 2.67. The zero-order valence-electron chi connectivity index (χ0n) is 6.77. The van der Waals surface area contributed by atoms with Gasteiger partial charge in [0.25, 0.3) is 0 Å². The largest absolute Gasteiger partial charge is 0.465 e. The molecular formula is C10H6N2O. The molecule has 0 aliphatic heterocycles. The second-order valence-corrected chi connectivity index (χ2v) is 2.18. The van der Waals surface area contributed by atoms with Gasteiger partial charge in [-0.2, -0.15) is 10.5 Å². The first-order chi connectivity index (χ1) is 6.36. The summed E-state index contributed by atoms with van der Waals surface area (Å²) < 4.78 is 5.00. The number of nitrogens with zero attached hydrogens (tertiary/aromatic N) is 2. The summed E-state index contributed by atoms with van der Waals surface area (Å²) in [6, 6.07) is 7.04. The van der Waals surface area contributed by atoms with E-state index in [-0.39, 0.29) is 5.57 Å². The highest BCUT2D eigenvalue weighted by atomic mass is 16.3. The summed E-state index contributed by atoms with van der Waals surface area (Å²) in [7, 11) is 0. The van der Waals surface area contributed by atoms with E-state index in [1.54, 1.807) is 42.7 Å². The molecule has 0 aliphatic rings. The van der Waals surface area contributed by atoms with E-state index >= 15 is 0 Å². The third-order valence-electron chi connectivity index (χ3n) is 1.31. The standard InChI is InChI=1S/C10H6N2O/c11-7-9(8-12)3-1-4-10-5-2-6-13-10/h1-6H. The average Bonchev–Trinajstić information content (AvgIpc) is 2.65. The van der Waals surface area contributed by atoms with Crippen molar-refractivity contribution in [3.05, 3.63) is 41.9 Å². The van der Waals surface area contributed by atoms with Crippen molar-refractivity contribution in [3.8, 4) is 12.1 Å². The summed E-state index contributed by atoms with van der Waals surface area (Å²) in [5.74, 6) is 0.687. The van der Waals surface area contributed by atoms with E-state index < -0.39 is 0 Å². The van der Waals surface area contributed by atoms with Crippen LogP contribution in [0.3, 0.4) is 0 Å². The molecule has 0 atom stereocenters. The van der Waals surface area contributed by atoms with Crippen LogP contribution in [0.15, 0.2) is 40.5 Å². The van der Waals surface area contributed by atoms with Crippen LogP contribution in [0.25, 0.3) is 6.08 Å². The van der Waals surface area contributed by atoms with Crippen LogP contribution < -0.4 is 0 Å². The van der Waals surface area contributed by atoms with Crippen molar-refractivity contribution in [2.75, 3.05) is 0 Å². The zero-order chi connectivity index (χ0) is 9.52. The molecule has 1 heterocycles. The molecule has 3 heteroatoms. The quantitative estimate of drug-likeness (QED) is 0.505. The maximum Gasteiger partial charge on any atom is 0.129 e. The number of hydrogen-bond acceptors (Lipinski definition) is 3. The smallest absolute Gasteiger partial charge is 0.129 e. The number of rotatable bonds is 2. The molecule has 0 spiro atoms. The summed E-state index contributed by atoms with van der Waals surface area (Å²) in [5.41, 5.74) is 0.0720. The SMILES string of the molecule is N#CC(C#N)=CC=Cc1ccco1. The molecule has 0 N–H and O–H groups in total. The minimum atomic E-state index is 0.0720. The first kappa shape index (κ1) is 8.83. The molecular weight excluding hydrogens is 164 g/mol. The Hall–Kier alpha value is -2.26. The lowest BCUT2D eigenvalue weighted by Crippen LogP contribution is -1.67. The van der Waals surface area contributed by atoms with Crippen LogP contribution in [0.2, 0.25) is 0 Å². The molecule has 0 aromatic carbocycles. The van der Waals surface area contributed by atoms with Crippen molar-refractivity contribution in [2.45, 2.75) is 0 Å². The Morgan fingerprint density at radius 1 is 1.38 bits per heavy atom. The maximum absolute atomic E-state index is 8.39. The number of allylic oxidation sites excluding steroid dienone is 3. The molecule has 0 bridgehead atoms. The highest BCUT2D eigenvalue weighted by Gasteiger charge is 1.88. The minimum absolute atomic E-state index is 0.0720. The molecule has 13 heavy (non-hydrogen) atoms. The second-order valence-electron chi connectivity index (χ2n) is 2.18. The zero-order valence-corrected chi connectivity index (χ0v) is 6.77. The van der Waals surface area contributed by atoms with Gasteiger partial charge in [0.05, 0.1) is 6.26 Å². The molecule has 0 radical (unpaired) electrons. The molecule has 1 aromatic heterocycles. The van der Waals surface area contributed by atoms with Crippen LogP contribution in [-0.4, -0.2) is 0 Å². The fraction of sp³-hybridized carbons (Fsp3) is 0. The Morgan fingerprint density at radius 2 is 2.15 bits per heavy atom. The molecule has 0 amide bonds. The van der Waals surface area contributed by atoms with Crippen LogP contribution in [0, 0.1) is 22.7 Å². The Morgan fingerprint density at radius 3 is 2.69 bits per heavy atom. The topological polar surface area (TPSA) is 60.7 Å². The maximum atomic E-state index is 8.39. The Bertz CT molecular complexity index is 383. The van der Waals surface area contributed by atoms with E-state index in [4.69, 9.17) is 14.9 Å². The van der Waals surface area contributed by atoms with Gasteiger partial charge >= 0.3 is 0 Å². The minimum Gasteiger partial charge on any atom is -0.465 e. The molecule has 0 fully saturated rings. The molecule has 1 rings (SSSR count). The van der Waals surface area contributed by atoms with Gasteiger partial charge in [-0.15, -0.1) is 0 Å². The Kier molecular flexibility index (Phi) is 3.11. The van der Waals surface area contributed by atoms with Crippen molar-refractivity contribution < 1.29 is 4.42 Å². The fourth-order valence-corrected chi connectivity index (χ4v) is 0.725. The highest BCUT2D eigenvalue weighted by molar-refractivity contribution is 5.48. The van der Waals surface area contributed by atoms with Gasteiger partial charge in [-0.25, -0.2) is 0 Å².